The summed E-state index contributed by atoms with van der Waals surface area (Å²) in [4.78, 5) is 2.34. The van der Waals surface area contributed by atoms with Crippen molar-refractivity contribution in [1.82, 2.24) is 10.2 Å². The topological polar surface area (TPSA) is 35.5 Å². The Bertz CT molecular complexity index is 601. The highest BCUT2D eigenvalue weighted by Gasteiger charge is 2.23. The molecular formula is C17H21FN2O. The summed E-state index contributed by atoms with van der Waals surface area (Å²) in [5.74, 6) is -0.239. The maximum atomic E-state index is 13.5. The number of hydrogen-bond acceptors (Lipinski definition) is 3. The third-order valence-electron chi connectivity index (χ3n) is 4.36. The van der Waals surface area contributed by atoms with Crippen LogP contribution in [-0.4, -0.2) is 35.7 Å². The second kappa shape index (κ2) is 5.62. The van der Waals surface area contributed by atoms with Crippen LogP contribution in [-0.2, 0) is 0 Å². The van der Waals surface area contributed by atoms with E-state index in [2.05, 4.69) is 16.8 Å². The number of piperidine rings is 1. The van der Waals surface area contributed by atoms with E-state index < -0.39 is 0 Å². The van der Waals surface area contributed by atoms with Crippen molar-refractivity contribution in [3.63, 3.8) is 0 Å². The van der Waals surface area contributed by atoms with E-state index in [1.54, 1.807) is 0 Å². The van der Waals surface area contributed by atoms with Crippen molar-refractivity contribution in [2.24, 2.45) is 0 Å². The van der Waals surface area contributed by atoms with E-state index in [0.29, 0.717) is 0 Å². The van der Waals surface area contributed by atoms with Crippen molar-refractivity contribution in [1.29, 1.82) is 0 Å². The molecule has 0 radical (unpaired) electrons. The molecule has 0 amide bonds. The van der Waals surface area contributed by atoms with Crippen molar-refractivity contribution in [3.8, 4) is 0 Å². The summed E-state index contributed by atoms with van der Waals surface area (Å²) >= 11 is 0. The standard InChI is InChI=1S/C17H21FN2O/c1-11-16-9-13(18)3-4-15(16)17(12(2)19-11)10-20-7-5-14(21)6-8-20/h3-4,9,14,19,21H,1,5-8,10H2,2H3. The van der Waals surface area contributed by atoms with E-state index in [1.807, 2.05) is 13.0 Å². The van der Waals surface area contributed by atoms with Gasteiger partial charge < -0.3 is 10.4 Å². The lowest BCUT2D eigenvalue weighted by atomic mass is 9.92. The molecule has 1 aromatic rings. The Labute approximate surface area is 124 Å². The molecule has 0 atom stereocenters. The zero-order valence-corrected chi connectivity index (χ0v) is 12.3. The molecule has 1 fully saturated rings. The molecule has 0 aromatic heterocycles. The molecule has 0 aliphatic carbocycles. The van der Waals surface area contributed by atoms with Gasteiger partial charge in [-0.15, -0.1) is 0 Å². The number of likely N-dealkylation sites (tertiary alicyclic amines) is 1. The summed E-state index contributed by atoms with van der Waals surface area (Å²) in [6.07, 6.45) is 1.48. The van der Waals surface area contributed by atoms with Crippen molar-refractivity contribution < 1.29 is 9.50 Å². The van der Waals surface area contributed by atoms with Crippen LogP contribution in [0.15, 0.2) is 30.5 Å². The van der Waals surface area contributed by atoms with E-state index in [9.17, 15) is 9.50 Å². The summed E-state index contributed by atoms with van der Waals surface area (Å²) in [5, 5.41) is 12.9. The molecule has 1 saturated heterocycles. The first kappa shape index (κ1) is 14.3. The highest BCUT2D eigenvalue weighted by atomic mass is 19.1. The molecule has 3 nitrogen and oxygen atoms in total. The Morgan fingerprint density at radius 1 is 1.33 bits per heavy atom. The number of allylic oxidation sites excluding steroid dienone is 1. The minimum absolute atomic E-state index is 0.165. The summed E-state index contributed by atoms with van der Waals surface area (Å²) in [7, 11) is 0. The fraction of sp³-hybridized carbons (Fsp3) is 0.412. The molecule has 3 rings (SSSR count). The molecule has 2 heterocycles. The number of benzene rings is 1. The molecule has 112 valence electrons. The first-order valence-electron chi connectivity index (χ1n) is 7.41. The van der Waals surface area contributed by atoms with Gasteiger partial charge in [0, 0.05) is 36.6 Å². The fourth-order valence-electron chi connectivity index (χ4n) is 3.11. The van der Waals surface area contributed by atoms with Gasteiger partial charge in [0.2, 0.25) is 0 Å². The normalized spacial score (nSPS) is 20.4. The molecule has 21 heavy (non-hydrogen) atoms. The molecule has 4 heteroatoms. The number of fused-ring (bicyclic) bond motifs is 1. The summed E-state index contributed by atoms with van der Waals surface area (Å²) < 4.78 is 13.5. The average molecular weight is 288 g/mol. The Balaban J connectivity index is 1.87. The van der Waals surface area contributed by atoms with Crippen molar-refractivity contribution in [3.05, 3.63) is 47.4 Å². The molecule has 0 spiro atoms. The molecule has 0 bridgehead atoms. The second-order valence-corrected chi connectivity index (χ2v) is 5.90. The Hall–Kier alpha value is -1.65. The first-order chi connectivity index (χ1) is 10.0. The lowest BCUT2D eigenvalue weighted by Crippen LogP contribution is -2.37. The van der Waals surface area contributed by atoms with Gasteiger partial charge >= 0.3 is 0 Å². The predicted octanol–water partition coefficient (Wildman–Crippen LogP) is 2.59. The van der Waals surface area contributed by atoms with Crippen LogP contribution in [0.2, 0.25) is 0 Å². The summed E-state index contributed by atoms with van der Waals surface area (Å²) in [6, 6.07) is 4.88. The number of aliphatic hydroxyl groups is 1. The van der Waals surface area contributed by atoms with Crippen LogP contribution in [0.25, 0.3) is 11.3 Å². The fourth-order valence-corrected chi connectivity index (χ4v) is 3.11. The van der Waals surface area contributed by atoms with Crippen LogP contribution in [0.1, 0.15) is 30.9 Å². The molecule has 2 aliphatic heterocycles. The van der Waals surface area contributed by atoms with Crippen LogP contribution in [0, 0.1) is 5.82 Å². The Morgan fingerprint density at radius 3 is 2.76 bits per heavy atom. The van der Waals surface area contributed by atoms with Crippen LogP contribution in [0.5, 0.6) is 0 Å². The lowest BCUT2D eigenvalue weighted by Gasteiger charge is -2.33. The quantitative estimate of drug-likeness (QED) is 0.878. The SMILES string of the molecule is C=C1NC(C)=C(CN2CCC(O)CC2)c2ccc(F)cc21. The molecule has 2 N–H and O–H groups in total. The molecule has 0 saturated carbocycles. The molecular weight excluding hydrogens is 267 g/mol. The van der Waals surface area contributed by atoms with E-state index in [0.717, 1.165) is 55.0 Å². The highest BCUT2D eigenvalue weighted by molar-refractivity contribution is 5.85. The third kappa shape index (κ3) is 2.87. The smallest absolute Gasteiger partial charge is 0.123 e. The van der Waals surface area contributed by atoms with Crippen molar-refractivity contribution in [2.45, 2.75) is 25.9 Å². The van der Waals surface area contributed by atoms with E-state index >= 15 is 0 Å². The molecule has 1 aromatic carbocycles. The van der Waals surface area contributed by atoms with Gasteiger partial charge in [0.25, 0.3) is 0 Å². The highest BCUT2D eigenvalue weighted by Crippen LogP contribution is 2.32. The van der Waals surface area contributed by atoms with Gasteiger partial charge in [-0.05, 0) is 43.0 Å². The maximum absolute atomic E-state index is 13.5. The Kier molecular flexibility index (Phi) is 3.83. The van der Waals surface area contributed by atoms with Gasteiger partial charge in [0.15, 0.2) is 0 Å². The monoisotopic (exact) mass is 288 g/mol. The zero-order valence-electron chi connectivity index (χ0n) is 12.3. The Morgan fingerprint density at radius 2 is 2.05 bits per heavy atom. The maximum Gasteiger partial charge on any atom is 0.123 e. The van der Waals surface area contributed by atoms with Crippen LogP contribution >= 0.6 is 0 Å². The number of halogens is 1. The van der Waals surface area contributed by atoms with Crippen LogP contribution < -0.4 is 5.32 Å². The summed E-state index contributed by atoms with van der Waals surface area (Å²) in [6.45, 7) is 8.63. The van der Waals surface area contributed by atoms with Gasteiger partial charge in [-0.2, -0.15) is 0 Å². The first-order valence-corrected chi connectivity index (χ1v) is 7.41. The number of aliphatic hydroxyl groups excluding tert-OH is 1. The number of hydrogen-bond donors (Lipinski definition) is 2. The van der Waals surface area contributed by atoms with E-state index in [4.69, 9.17) is 0 Å². The van der Waals surface area contributed by atoms with Gasteiger partial charge in [-0.1, -0.05) is 12.6 Å². The number of nitrogens with zero attached hydrogens (tertiary/aromatic N) is 1. The largest absolute Gasteiger partial charge is 0.393 e. The minimum Gasteiger partial charge on any atom is -0.393 e. The van der Waals surface area contributed by atoms with Crippen LogP contribution in [0.4, 0.5) is 4.39 Å². The molecule has 0 unspecified atom stereocenters. The predicted molar refractivity (Wildman–Crippen MR) is 82.8 cm³/mol. The van der Waals surface area contributed by atoms with Gasteiger partial charge in [-0.3, -0.25) is 4.90 Å². The van der Waals surface area contributed by atoms with E-state index in [1.165, 1.54) is 17.7 Å². The number of rotatable bonds is 2. The van der Waals surface area contributed by atoms with Crippen LogP contribution in [0.3, 0.4) is 0 Å². The second-order valence-electron chi connectivity index (χ2n) is 5.90. The average Bonchev–Trinajstić information content (AvgIpc) is 2.46. The number of nitrogens with one attached hydrogen (secondary N) is 1. The van der Waals surface area contributed by atoms with Crippen molar-refractivity contribution >= 4 is 11.3 Å². The molecule has 2 aliphatic rings. The summed E-state index contributed by atoms with van der Waals surface area (Å²) in [5.41, 5.74) is 4.91. The van der Waals surface area contributed by atoms with Gasteiger partial charge in [0.05, 0.1) is 6.10 Å². The third-order valence-corrected chi connectivity index (χ3v) is 4.36. The zero-order chi connectivity index (χ0) is 15.0. The minimum atomic E-state index is -0.239. The lowest BCUT2D eigenvalue weighted by molar-refractivity contribution is 0.0888. The van der Waals surface area contributed by atoms with Gasteiger partial charge in [0.1, 0.15) is 5.82 Å². The van der Waals surface area contributed by atoms with E-state index in [-0.39, 0.29) is 11.9 Å². The van der Waals surface area contributed by atoms with Crippen molar-refractivity contribution in [2.75, 3.05) is 19.6 Å². The van der Waals surface area contributed by atoms with Gasteiger partial charge in [-0.25, -0.2) is 4.39 Å².